The van der Waals surface area contributed by atoms with Gasteiger partial charge in [-0.2, -0.15) is 0 Å². The molecule has 0 fully saturated rings. The van der Waals surface area contributed by atoms with Crippen LogP contribution in [0.5, 0.6) is 11.5 Å². The Morgan fingerprint density at radius 2 is 1.71 bits per heavy atom. The maximum Gasteiger partial charge on any atom is 0.407 e. The third kappa shape index (κ3) is 12.0. The number of benzene rings is 1. The highest BCUT2D eigenvalue weighted by molar-refractivity contribution is 5.98. The van der Waals surface area contributed by atoms with Crippen molar-refractivity contribution < 1.29 is 52.7 Å². The van der Waals surface area contributed by atoms with Gasteiger partial charge >= 0.3 is 23.7 Å². The standard InChI is InChI=1S/C40H54N6O13/c1-23(11-12-27-33(55-7)25(3)28-21-58-38(51)31(28)34(27)59-22-56-18-17-54-6)19-26(37(49)50)20-24(2)13-16-57-39(52)42-15-14-41-30(47)10-8-9-29-43-32-35(44-29)45(4)40(53)46(5)36(32)48/h11,13,26H,8-10,12,14-22H2,1-7H3,(H,41,47)(H,42,52)(H,43,44)(H,49,50)/b23-11+,24-13+. The molecule has 1 atom stereocenters. The van der Waals surface area contributed by atoms with Gasteiger partial charge in [0.05, 0.1) is 26.2 Å². The Bertz CT molecular complexity index is 2200. The molecule has 1 aliphatic heterocycles. The van der Waals surface area contributed by atoms with E-state index >= 15 is 0 Å². The van der Waals surface area contributed by atoms with Crippen LogP contribution >= 0.6 is 0 Å². The van der Waals surface area contributed by atoms with Crippen LogP contribution in [0.2, 0.25) is 0 Å². The van der Waals surface area contributed by atoms with Gasteiger partial charge in [0, 0.05) is 58.3 Å². The van der Waals surface area contributed by atoms with E-state index in [1.54, 1.807) is 20.1 Å². The minimum absolute atomic E-state index is 0.0783. The third-order valence-corrected chi connectivity index (χ3v) is 9.82. The second-order valence-electron chi connectivity index (χ2n) is 14.1. The van der Waals surface area contributed by atoms with Crippen molar-refractivity contribution in [3.05, 3.63) is 72.2 Å². The van der Waals surface area contributed by atoms with Gasteiger partial charge in [-0.1, -0.05) is 17.2 Å². The monoisotopic (exact) mass is 826 g/mol. The Hall–Kier alpha value is -5.95. The van der Waals surface area contributed by atoms with Crippen molar-refractivity contribution in [3.8, 4) is 11.5 Å². The number of alkyl carbamates (subject to hydrolysis) is 1. The van der Waals surface area contributed by atoms with Gasteiger partial charge in [-0.3, -0.25) is 23.5 Å². The van der Waals surface area contributed by atoms with E-state index in [1.807, 2.05) is 19.9 Å². The molecule has 19 nitrogen and oxygen atoms in total. The summed E-state index contributed by atoms with van der Waals surface area (Å²) >= 11 is 0. The van der Waals surface area contributed by atoms with Crippen molar-refractivity contribution >= 4 is 35.1 Å². The number of carbonyl (C=O) groups is 4. The highest BCUT2D eigenvalue weighted by Crippen LogP contribution is 2.43. The summed E-state index contributed by atoms with van der Waals surface area (Å²) in [6.07, 6.45) is 4.57. The Morgan fingerprint density at radius 1 is 1.00 bits per heavy atom. The molecule has 0 saturated carbocycles. The van der Waals surface area contributed by atoms with Gasteiger partial charge in [0.15, 0.2) is 12.3 Å². The molecule has 4 N–H and O–H groups in total. The Kier molecular flexibility index (Phi) is 16.8. The summed E-state index contributed by atoms with van der Waals surface area (Å²) in [5.74, 6) is -1.15. The number of esters is 1. The fourth-order valence-corrected chi connectivity index (χ4v) is 6.61. The number of aromatic amines is 1. The van der Waals surface area contributed by atoms with Gasteiger partial charge in [0.1, 0.15) is 41.7 Å². The smallest absolute Gasteiger partial charge is 0.407 e. The number of nitrogens with zero attached hydrogens (tertiary/aromatic N) is 3. The normalized spacial score (nSPS) is 13.2. The Balaban J connectivity index is 1.21. The van der Waals surface area contributed by atoms with Crippen LogP contribution in [0.1, 0.15) is 72.4 Å². The van der Waals surface area contributed by atoms with Gasteiger partial charge in [-0.05, 0) is 58.1 Å². The molecule has 2 amide bonds. The molecule has 0 aliphatic carbocycles. The summed E-state index contributed by atoms with van der Waals surface area (Å²) in [4.78, 5) is 81.2. The maximum atomic E-state index is 12.7. The lowest BCUT2D eigenvalue weighted by Gasteiger charge is -2.20. The molecule has 0 radical (unpaired) electrons. The molecule has 59 heavy (non-hydrogen) atoms. The number of allylic oxidation sites excluding steroid dienone is 3. The summed E-state index contributed by atoms with van der Waals surface area (Å²) in [5, 5.41) is 15.3. The summed E-state index contributed by atoms with van der Waals surface area (Å²) in [7, 11) is 6.01. The maximum absolute atomic E-state index is 12.7. The average Bonchev–Trinajstić information content (AvgIpc) is 3.81. The molecule has 1 unspecified atom stereocenters. The van der Waals surface area contributed by atoms with Crippen LogP contribution in [-0.2, 0) is 62.1 Å². The molecule has 1 aliphatic rings. The second-order valence-corrected chi connectivity index (χ2v) is 14.1. The number of H-pyrrole nitrogens is 1. The van der Waals surface area contributed by atoms with Crippen molar-refractivity contribution in [2.24, 2.45) is 20.0 Å². The van der Waals surface area contributed by atoms with E-state index in [4.69, 9.17) is 28.4 Å². The molecule has 4 rings (SSSR count). The van der Waals surface area contributed by atoms with Gasteiger partial charge in [-0.25, -0.2) is 19.4 Å². The summed E-state index contributed by atoms with van der Waals surface area (Å²) in [6.45, 7) is 6.29. The number of fused-ring (bicyclic) bond motifs is 2. The number of nitrogens with one attached hydrogen (secondary N) is 3. The predicted molar refractivity (Wildman–Crippen MR) is 214 cm³/mol. The van der Waals surface area contributed by atoms with Gasteiger partial charge in [0.2, 0.25) is 5.91 Å². The highest BCUT2D eigenvalue weighted by atomic mass is 16.7. The first kappa shape index (κ1) is 45.7. The molecule has 0 spiro atoms. The zero-order valence-electron chi connectivity index (χ0n) is 34.6. The van der Waals surface area contributed by atoms with E-state index in [-0.39, 0.29) is 70.2 Å². The van der Waals surface area contributed by atoms with E-state index in [2.05, 4.69) is 20.6 Å². The highest BCUT2D eigenvalue weighted by Gasteiger charge is 2.33. The van der Waals surface area contributed by atoms with Crippen LogP contribution in [0.15, 0.2) is 32.9 Å². The lowest BCUT2D eigenvalue weighted by atomic mass is 9.91. The first-order valence-electron chi connectivity index (χ1n) is 19.1. The number of aryl methyl sites for hydroxylation is 2. The lowest BCUT2D eigenvalue weighted by molar-refractivity contribution is -0.141. The number of aliphatic carboxylic acids is 1. The van der Waals surface area contributed by atoms with Crippen LogP contribution in [0.4, 0.5) is 4.79 Å². The number of hydrogen-bond donors (Lipinski definition) is 4. The van der Waals surface area contributed by atoms with Crippen molar-refractivity contribution in [2.75, 3.05) is 53.9 Å². The fraction of sp³-hybridized carbons (Fsp3) is 0.525. The molecular formula is C40H54N6O13. The number of hydrogen-bond acceptors (Lipinski definition) is 13. The summed E-state index contributed by atoms with van der Waals surface area (Å²) in [5.41, 5.74) is 3.40. The van der Waals surface area contributed by atoms with Crippen LogP contribution in [0.25, 0.3) is 11.2 Å². The molecule has 322 valence electrons. The number of carbonyl (C=O) groups excluding carboxylic acids is 3. The molecule has 2 aromatic heterocycles. The number of amides is 2. The van der Waals surface area contributed by atoms with Gasteiger partial charge in [-0.15, -0.1) is 0 Å². The third-order valence-electron chi connectivity index (χ3n) is 9.82. The van der Waals surface area contributed by atoms with Crippen molar-refractivity contribution in [1.82, 2.24) is 29.7 Å². The van der Waals surface area contributed by atoms with Gasteiger partial charge < -0.3 is 49.1 Å². The zero-order chi connectivity index (χ0) is 43.2. The van der Waals surface area contributed by atoms with E-state index in [0.29, 0.717) is 65.7 Å². The quantitative estimate of drug-likeness (QED) is 0.0466. The van der Waals surface area contributed by atoms with Crippen molar-refractivity contribution in [2.45, 2.75) is 65.9 Å². The number of carboxylic acids is 1. The van der Waals surface area contributed by atoms with Crippen LogP contribution in [0, 0.1) is 12.8 Å². The average molecular weight is 827 g/mol. The lowest BCUT2D eigenvalue weighted by Crippen LogP contribution is -2.36. The summed E-state index contributed by atoms with van der Waals surface area (Å²) in [6, 6.07) is 0. The van der Waals surface area contributed by atoms with Crippen LogP contribution in [0.3, 0.4) is 0 Å². The number of cyclic esters (lactones) is 1. The van der Waals surface area contributed by atoms with Gasteiger partial charge in [0.25, 0.3) is 5.56 Å². The first-order chi connectivity index (χ1) is 28.2. The van der Waals surface area contributed by atoms with E-state index < -0.39 is 35.2 Å². The molecule has 1 aromatic carbocycles. The minimum Gasteiger partial charge on any atom is -0.496 e. The number of rotatable bonds is 23. The van der Waals surface area contributed by atoms with E-state index in [0.717, 1.165) is 21.3 Å². The summed E-state index contributed by atoms with van der Waals surface area (Å²) < 4.78 is 35.0. The van der Waals surface area contributed by atoms with Crippen LogP contribution in [-0.4, -0.2) is 102 Å². The predicted octanol–water partition coefficient (Wildman–Crippen LogP) is 2.73. The molecular weight excluding hydrogens is 772 g/mol. The Morgan fingerprint density at radius 3 is 2.41 bits per heavy atom. The molecule has 3 heterocycles. The topological polar surface area (TPSA) is 241 Å². The van der Waals surface area contributed by atoms with E-state index in [1.165, 1.54) is 25.8 Å². The second kappa shape index (κ2) is 21.7. The fourth-order valence-electron chi connectivity index (χ4n) is 6.61. The molecule has 0 saturated heterocycles. The van der Waals surface area contributed by atoms with E-state index in [9.17, 15) is 33.9 Å². The zero-order valence-corrected chi connectivity index (χ0v) is 34.6. The SMILES string of the molecule is COCCOCOc1c(C/C=C(\C)CC(C/C(C)=C/COC(=O)NCCNC(=O)CCCc2nc3c(=O)n(C)c(=O)n(C)c3[nH]2)C(=O)O)c(OC)c(C)c2c1C(=O)OC2. The molecule has 0 bridgehead atoms. The number of aromatic nitrogens is 4. The first-order valence-corrected chi connectivity index (χ1v) is 19.1. The molecule has 19 heteroatoms. The Labute approximate surface area is 340 Å². The number of ether oxygens (including phenoxy) is 6. The number of methoxy groups -OCH3 is 2. The minimum atomic E-state index is -0.980. The largest absolute Gasteiger partial charge is 0.496 e. The van der Waals surface area contributed by atoms with Crippen molar-refractivity contribution in [3.63, 3.8) is 0 Å². The van der Waals surface area contributed by atoms with Crippen LogP contribution < -0.4 is 31.4 Å². The molecule has 3 aromatic rings. The number of imidazole rings is 1. The van der Waals surface area contributed by atoms with Crippen molar-refractivity contribution in [1.29, 1.82) is 0 Å². The number of carboxylic acid groups (broad SMARTS) is 1.